The molecule has 0 unspecified atom stereocenters. The van der Waals surface area contributed by atoms with E-state index >= 15 is 0 Å². The summed E-state index contributed by atoms with van der Waals surface area (Å²) < 4.78 is 36.9. The number of ketones is 1. The summed E-state index contributed by atoms with van der Waals surface area (Å²) in [7, 11) is -3.02. The number of halogens is 1. The SMILES string of the molecule is CC(=O)c1c(F)cccc1N1CCCS(=O)(=O)CC1. The Labute approximate surface area is 112 Å². The highest BCUT2D eigenvalue weighted by Crippen LogP contribution is 2.25. The van der Waals surface area contributed by atoms with Gasteiger partial charge in [-0.1, -0.05) is 6.07 Å². The van der Waals surface area contributed by atoms with Crippen molar-refractivity contribution in [1.82, 2.24) is 0 Å². The summed E-state index contributed by atoms with van der Waals surface area (Å²) in [6, 6.07) is 4.45. The van der Waals surface area contributed by atoms with Crippen LogP contribution in [0, 0.1) is 5.82 Å². The van der Waals surface area contributed by atoms with E-state index in [9.17, 15) is 17.6 Å². The predicted molar refractivity (Wildman–Crippen MR) is 71.9 cm³/mol. The third kappa shape index (κ3) is 3.12. The Kier molecular flexibility index (Phi) is 3.89. The first kappa shape index (κ1) is 14.0. The number of hydrogen-bond acceptors (Lipinski definition) is 4. The molecule has 0 atom stereocenters. The van der Waals surface area contributed by atoms with Crippen molar-refractivity contribution >= 4 is 21.3 Å². The van der Waals surface area contributed by atoms with Gasteiger partial charge in [0.1, 0.15) is 5.82 Å². The minimum atomic E-state index is -3.02. The van der Waals surface area contributed by atoms with Gasteiger partial charge in [0.15, 0.2) is 15.6 Å². The van der Waals surface area contributed by atoms with Gasteiger partial charge in [0.05, 0.1) is 22.8 Å². The van der Waals surface area contributed by atoms with Gasteiger partial charge in [0.2, 0.25) is 0 Å². The Morgan fingerprint density at radius 1 is 1.26 bits per heavy atom. The molecule has 0 aromatic heterocycles. The zero-order valence-electron chi connectivity index (χ0n) is 10.7. The Bertz CT molecular complexity index is 598. The van der Waals surface area contributed by atoms with Crippen LogP contribution in [0.1, 0.15) is 23.7 Å². The summed E-state index contributed by atoms with van der Waals surface area (Å²) in [5, 5.41) is 0. The highest BCUT2D eigenvalue weighted by Gasteiger charge is 2.23. The molecule has 0 spiro atoms. The Balaban J connectivity index is 2.37. The minimum Gasteiger partial charge on any atom is -0.370 e. The molecule has 0 aliphatic carbocycles. The van der Waals surface area contributed by atoms with Crippen LogP contribution in [0.2, 0.25) is 0 Å². The van der Waals surface area contributed by atoms with Crippen LogP contribution in [0.25, 0.3) is 0 Å². The van der Waals surface area contributed by atoms with Gasteiger partial charge in [-0.15, -0.1) is 0 Å². The molecule has 6 heteroatoms. The van der Waals surface area contributed by atoms with Gasteiger partial charge in [-0.25, -0.2) is 12.8 Å². The average molecular weight is 285 g/mol. The van der Waals surface area contributed by atoms with Crippen LogP contribution in [-0.4, -0.2) is 38.8 Å². The Morgan fingerprint density at radius 3 is 2.68 bits per heavy atom. The zero-order chi connectivity index (χ0) is 14.0. The van der Waals surface area contributed by atoms with Crippen LogP contribution >= 0.6 is 0 Å². The van der Waals surface area contributed by atoms with Crippen LogP contribution in [-0.2, 0) is 9.84 Å². The summed E-state index contributed by atoms with van der Waals surface area (Å²) >= 11 is 0. The fraction of sp³-hybridized carbons (Fsp3) is 0.462. The van der Waals surface area contributed by atoms with Crippen molar-refractivity contribution in [3.8, 4) is 0 Å². The number of sulfone groups is 1. The number of hydrogen-bond donors (Lipinski definition) is 0. The fourth-order valence-corrected chi connectivity index (χ4v) is 3.58. The zero-order valence-corrected chi connectivity index (χ0v) is 11.5. The lowest BCUT2D eigenvalue weighted by atomic mass is 10.1. The fourth-order valence-electron chi connectivity index (χ4n) is 2.30. The van der Waals surface area contributed by atoms with Gasteiger partial charge in [-0.05, 0) is 25.5 Å². The van der Waals surface area contributed by atoms with E-state index in [1.54, 1.807) is 11.0 Å². The molecule has 1 saturated heterocycles. The lowest BCUT2D eigenvalue weighted by Gasteiger charge is -2.24. The highest BCUT2D eigenvalue weighted by atomic mass is 32.2. The standard InChI is InChI=1S/C13H16FNO3S/c1-10(16)13-11(14)4-2-5-12(13)15-6-3-8-19(17,18)9-7-15/h2,4-5H,3,6-9H2,1H3. The molecule has 1 heterocycles. The van der Waals surface area contributed by atoms with Crippen LogP contribution in [0.15, 0.2) is 18.2 Å². The summed E-state index contributed by atoms with van der Waals surface area (Å²) in [4.78, 5) is 13.3. The van der Waals surface area contributed by atoms with Gasteiger partial charge in [-0.3, -0.25) is 4.79 Å². The first-order valence-electron chi connectivity index (χ1n) is 6.15. The normalized spacial score (nSPS) is 18.9. The average Bonchev–Trinajstić information content (AvgIpc) is 2.49. The van der Waals surface area contributed by atoms with Gasteiger partial charge in [-0.2, -0.15) is 0 Å². The first-order chi connectivity index (χ1) is 8.91. The van der Waals surface area contributed by atoms with Crippen molar-refractivity contribution in [2.45, 2.75) is 13.3 Å². The van der Waals surface area contributed by atoms with E-state index in [4.69, 9.17) is 0 Å². The molecule has 0 amide bonds. The lowest BCUT2D eigenvalue weighted by Crippen LogP contribution is -2.28. The molecule has 1 aromatic carbocycles. The maximum atomic E-state index is 13.7. The summed E-state index contributed by atoms with van der Waals surface area (Å²) in [6.07, 6.45) is 0.496. The van der Waals surface area contributed by atoms with Gasteiger partial charge >= 0.3 is 0 Å². The van der Waals surface area contributed by atoms with Gasteiger partial charge in [0, 0.05) is 13.1 Å². The van der Waals surface area contributed by atoms with Crippen molar-refractivity contribution in [2.75, 3.05) is 29.5 Å². The number of anilines is 1. The molecular formula is C13H16FNO3S. The Morgan fingerprint density at radius 2 is 2.00 bits per heavy atom. The molecule has 4 nitrogen and oxygen atoms in total. The number of rotatable bonds is 2. The van der Waals surface area contributed by atoms with Gasteiger partial charge < -0.3 is 4.90 Å². The topological polar surface area (TPSA) is 54.5 Å². The van der Waals surface area contributed by atoms with E-state index < -0.39 is 15.7 Å². The molecule has 2 rings (SSSR count). The third-order valence-electron chi connectivity index (χ3n) is 3.24. The van der Waals surface area contributed by atoms with Crippen molar-refractivity contribution in [2.24, 2.45) is 0 Å². The first-order valence-corrected chi connectivity index (χ1v) is 7.98. The number of carbonyl (C=O) groups excluding carboxylic acids is 1. The molecule has 0 radical (unpaired) electrons. The van der Waals surface area contributed by atoms with Crippen molar-refractivity contribution in [3.05, 3.63) is 29.6 Å². The quantitative estimate of drug-likeness (QED) is 0.775. The van der Waals surface area contributed by atoms with Crippen molar-refractivity contribution < 1.29 is 17.6 Å². The molecular weight excluding hydrogens is 269 g/mol. The smallest absolute Gasteiger partial charge is 0.164 e. The summed E-state index contributed by atoms with van der Waals surface area (Å²) in [5.74, 6) is -0.716. The third-order valence-corrected chi connectivity index (χ3v) is 4.96. The maximum absolute atomic E-state index is 13.7. The van der Waals surface area contributed by atoms with E-state index in [1.807, 2.05) is 0 Å². The molecule has 1 aliphatic heterocycles. The van der Waals surface area contributed by atoms with Crippen LogP contribution < -0.4 is 4.90 Å². The number of nitrogens with zero attached hydrogens (tertiary/aromatic N) is 1. The maximum Gasteiger partial charge on any atom is 0.164 e. The highest BCUT2D eigenvalue weighted by molar-refractivity contribution is 7.91. The van der Waals surface area contributed by atoms with E-state index in [2.05, 4.69) is 0 Å². The molecule has 0 N–H and O–H groups in total. The largest absolute Gasteiger partial charge is 0.370 e. The molecule has 1 aliphatic rings. The monoisotopic (exact) mass is 285 g/mol. The molecule has 1 fully saturated rings. The van der Waals surface area contributed by atoms with E-state index in [0.29, 0.717) is 25.2 Å². The number of benzene rings is 1. The summed E-state index contributed by atoms with van der Waals surface area (Å²) in [5.41, 5.74) is 0.534. The van der Waals surface area contributed by atoms with E-state index in [0.717, 1.165) is 0 Å². The minimum absolute atomic E-state index is 0.0425. The number of Topliss-reactive ketones (excluding diaryl/α,β-unsaturated/α-hetero) is 1. The van der Waals surface area contributed by atoms with Crippen LogP contribution in [0.5, 0.6) is 0 Å². The Hall–Kier alpha value is -1.43. The van der Waals surface area contributed by atoms with E-state index in [1.165, 1.54) is 19.1 Å². The second-order valence-electron chi connectivity index (χ2n) is 4.68. The van der Waals surface area contributed by atoms with Crippen LogP contribution in [0.4, 0.5) is 10.1 Å². The molecule has 104 valence electrons. The second kappa shape index (κ2) is 5.28. The second-order valence-corrected chi connectivity index (χ2v) is 6.99. The molecule has 0 bridgehead atoms. The summed E-state index contributed by atoms with van der Waals surface area (Å²) in [6.45, 7) is 2.13. The molecule has 1 aromatic rings. The van der Waals surface area contributed by atoms with E-state index in [-0.39, 0.29) is 22.9 Å². The van der Waals surface area contributed by atoms with Crippen molar-refractivity contribution in [3.63, 3.8) is 0 Å². The lowest BCUT2D eigenvalue weighted by molar-refractivity contribution is 0.101. The van der Waals surface area contributed by atoms with Gasteiger partial charge in [0.25, 0.3) is 0 Å². The molecule has 0 saturated carbocycles. The van der Waals surface area contributed by atoms with Crippen LogP contribution in [0.3, 0.4) is 0 Å². The predicted octanol–water partition coefficient (Wildman–Crippen LogP) is 1.65. The molecule has 19 heavy (non-hydrogen) atoms. The number of carbonyl (C=O) groups is 1. The van der Waals surface area contributed by atoms with Crippen molar-refractivity contribution in [1.29, 1.82) is 0 Å².